The van der Waals surface area contributed by atoms with Crippen LogP contribution in [0.25, 0.3) is 11.4 Å². The number of aryl methyl sites for hydroxylation is 1. The topological polar surface area (TPSA) is 105 Å². The molecule has 8 nitrogen and oxygen atoms in total. The average Bonchev–Trinajstić information content (AvgIpc) is 3.01. The van der Waals surface area contributed by atoms with E-state index in [0.29, 0.717) is 16.2 Å². The number of benzene rings is 1. The third kappa shape index (κ3) is 4.01. The van der Waals surface area contributed by atoms with Crippen LogP contribution in [0.1, 0.15) is 15.9 Å². The Balaban J connectivity index is 1.68. The molecule has 0 saturated carbocycles. The van der Waals surface area contributed by atoms with Gasteiger partial charge >= 0.3 is 0 Å². The van der Waals surface area contributed by atoms with Crippen LogP contribution in [0, 0.1) is 11.7 Å². The second-order valence-corrected chi connectivity index (χ2v) is 5.94. The smallest absolute Gasteiger partial charge is 0.271 e. The number of carbonyl (C=O) groups is 2. The minimum atomic E-state index is -0.457. The molecule has 0 atom stereocenters. The third-order valence-corrected chi connectivity index (χ3v) is 3.92. The summed E-state index contributed by atoms with van der Waals surface area (Å²) in [4.78, 5) is 28.0. The molecule has 0 aliphatic rings. The number of rotatable bonds is 4. The molecule has 0 radical (unpaired) electrons. The van der Waals surface area contributed by atoms with E-state index in [1.165, 1.54) is 6.20 Å². The van der Waals surface area contributed by atoms with Gasteiger partial charge in [0.1, 0.15) is 6.54 Å². The van der Waals surface area contributed by atoms with E-state index in [4.69, 9.17) is 12.2 Å². The summed E-state index contributed by atoms with van der Waals surface area (Å²) in [5.41, 5.74) is 6.99. The molecule has 0 saturated heterocycles. The summed E-state index contributed by atoms with van der Waals surface area (Å²) in [5.74, 6) is -0.349. The molecule has 0 bridgehead atoms. The van der Waals surface area contributed by atoms with Crippen LogP contribution in [0.5, 0.6) is 0 Å². The van der Waals surface area contributed by atoms with Crippen molar-refractivity contribution in [3.8, 4) is 11.4 Å². The first kappa shape index (κ1) is 17.5. The number of aromatic amines is 1. The van der Waals surface area contributed by atoms with Crippen molar-refractivity contribution in [1.29, 1.82) is 0 Å². The van der Waals surface area contributed by atoms with Gasteiger partial charge in [-0.15, -0.1) is 0 Å². The first-order chi connectivity index (χ1) is 12.5. The first-order valence-corrected chi connectivity index (χ1v) is 8.17. The van der Waals surface area contributed by atoms with Crippen LogP contribution in [-0.4, -0.2) is 31.6 Å². The Kier molecular flexibility index (Phi) is 5.18. The summed E-state index contributed by atoms with van der Waals surface area (Å²) in [7, 11) is 0. The van der Waals surface area contributed by atoms with E-state index < -0.39 is 11.8 Å². The number of nitrogens with zero attached hydrogens (tertiary/aromatic N) is 3. The molecule has 2 heterocycles. The molecule has 0 aliphatic carbocycles. The van der Waals surface area contributed by atoms with Crippen molar-refractivity contribution >= 4 is 24.0 Å². The normalized spacial score (nSPS) is 10.3. The van der Waals surface area contributed by atoms with Crippen LogP contribution in [0.2, 0.25) is 0 Å². The summed E-state index contributed by atoms with van der Waals surface area (Å²) in [6.45, 7) is 1.89. The van der Waals surface area contributed by atoms with Gasteiger partial charge in [0.25, 0.3) is 11.8 Å². The van der Waals surface area contributed by atoms with Crippen molar-refractivity contribution in [3.63, 3.8) is 0 Å². The van der Waals surface area contributed by atoms with Crippen LogP contribution in [-0.2, 0) is 11.3 Å². The lowest BCUT2D eigenvalue weighted by Crippen LogP contribution is -2.43. The molecule has 132 valence electrons. The summed E-state index contributed by atoms with van der Waals surface area (Å²) in [6.07, 6.45) is 2.96. The number of aromatic nitrogens is 4. The maximum Gasteiger partial charge on any atom is 0.271 e. The minimum Gasteiger partial charge on any atom is -0.291 e. The molecule has 3 rings (SSSR count). The van der Waals surface area contributed by atoms with Crippen LogP contribution < -0.4 is 10.9 Å². The van der Waals surface area contributed by atoms with E-state index in [1.54, 1.807) is 22.9 Å². The van der Waals surface area contributed by atoms with Gasteiger partial charge in [-0.05, 0) is 31.3 Å². The van der Waals surface area contributed by atoms with Crippen molar-refractivity contribution in [3.05, 3.63) is 64.7 Å². The van der Waals surface area contributed by atoms with Gasteiger partial charge in [-0.1, -0.05) is 29.8 Å². The molecule has 2 aromatic heterocycles. The molecule has 0 spiro atoms. The molecule has 1 aromatic carbocycles. The van der Waals surface area contributed by atoms with Crippen LogP contribution >= 0.6 is 12.2 Å². The molecule has 0 unspecified atom stereocenters. The van der Waals surface area contributed by atoms with Crippen molar-refractivity contribution < 1.29 is 9.59 Å². The zero-order valence-electron chi connectivity index (χ0n) is 13.9. The lowest BCUT2D eigenvalue weighted by Gasteiger charge is -2.09. The highest BCUT2D eigenvalue weighted by molar-refractivity contribution is 7.71. The summed E-state index contributed by atoms with van der Waals surface area (Å²) >= 11 is 5.20. The third-order valence-electron chi connectivity index (χ3n) is 3.61. The van der Waals surface area contributed by atoms with Crippen molar-refractivity contribution in [2.75, 3.05) is 0 Å². The molecule has 0 aliphatic heterocycles. The number of carbonyl (C=O) groups excluding carboxylic acids is 2. The molecule has 3 aromatic rings. The number of amides is 2. The summed E-state index contributed by atoms with van der Waals surface area (Å²) in [5, 5.41) is 6.87. The number of H-pyrrole nitrogens is 1. The van der Waals surface area contributed by atoms with Crippen molar-refractivity contribution in [2.45, 2.75) is 13.5 Å². The van der Waals surface area contributed by atoms with Gasteiger partial charge < -0.3 is 0 Å². The van der Waals surface area contributed by atoms with E-state index in [2.05, 4.69) is 26.0 Å². The second-order valence-electron chi connectivity index (χ2n) is 5.55. The van der Waals surface area contributed by atoms with Crippen molar-refractivity contribution in [1.82, 2.24) is 30.6 Å². The molecular weight excluding hydrogens is 352 g/mol. The van der Waals surface area contributed by atoms with Gasteiger partial charge in [-0.3, -0.25) is 35.1 Å². The average molecular weight is 368 g/mol. The van der Waals surface area contributed by atoms with Gasteiger partial charge in [0.15, 0.2) is 10.6 Å². The second kappa shape index (κ2) is 7.70. The zero-order chi connectivity index (χ0) is 18.5. The molecule has 2 amide bonds. The van der Waals surface area contributed by atoms with Crippen LogP contribution in [0.15, 0.2) is 48.8 Å². The fraction of sp³-hybridized carbons (Fsp3) is 0.118. The van der Waals surface area contributed by atoms with E-state index in [9.17, 15) is 9.59 Å². The van der Waals surface area contributed by atoms with Crippen LogP contribution in [0.3, 0.4) is 0 Å². The van der Waals surface area contributed by atoms with Gasteiger partial charge in [0.2, 0.25) is 0 Å². The van der Waals surface area contributed by atoms with E-state index in [0.717, 1.165) is 11.1 Å². The monoisotopic (exact) mass is 368 g/mol. The maximum atomic E-state index is 12.2. The first-order valence-electron chi connectivity index (χ1n) is 7.76. The Labute approximate surface area is 154 Å². The van der Waals surface area contributed by atoms with Crippen LogP contribution in [0.4, 0.5) is 0 Å². The number of nitrogens with one attached hydrogen (secondary N) is 3. The van der Waals surface area contributed by atoms with Gasteiger partial charge in [0, 0.05) is 18.0 Å². The van der Waals surface area contributed by atoms with Crippen molar-refractivity contribution in [2.24, 2.45) is 0 Å². The predicted molar refractivity (Wildman–Crippen MR) is 97.4 cm³/mol. The maximum absolute atomic E-state index is 12.2. The standard InChI is InChI=1S/C17H16N6O2S/c1-11-4-6-12(7-5-11)15-20-22-17(26)23(15)10-14(24)19-21-16(25)13-3-2-8-18-9-13/h2-9H,10H2,1H3,(H,19,24)(H,21,25)(H,22,26). The lowest BCUT2D eigenvalue weighted by atomic mass is 10.1. The quantitative estimate of drug-likeness (QED) is 0.481. The Morgan fingerprint density at radius 3 is 2.65 bits per heavy atom. The predicted octanol–water partition coefficient (Wildman–Crippen LogP) is 1.77. The Hall–Kier alpha value is -3.33. The highest BCUT2D eigenvalue weighted by Crippen LogP contribution is 2.17. The largest absolute Gasteiger partial charge is 0.291 e. The molecule has 26 heavy (non-hydrogen) atoms. The highest BCUT2D eigenvalue weighted by Gasteiger charge is 2.13. The Morgan fingerprint density at radius 1 is 1.19 bits per heavy atom. The fourth-order valence-electron chi connectivity index (χ4n) is 2.27. The lowest BCUT2D eigenvalue weighted by molar-refractivity contribution is -0.122. The number of hydrogen-bond donors (Lipinski definition) is 3. The number of hydrazine groups is 1. The molecular formula is C17H16N6O2S. The Bertz CT molecular complexity index is 978. The summed E-state index contributed by atoms with van der Waals surface area (Å²) in [6, 6.07) is 10.9. The zero-order valence-corrected chi connectivity index (χ0v) is 14.7. The number of pyridine rings is 1. The molecule has 9 heteroatoms. The summed E-state index contributed by atoms with van der Waals surface area (Å²) < 4.78 is 1.88. The minimum absolute atomic E-state index is 0.0914. The van der Waals surface area contributed by atoms with Gasteiger partial charge in [-0.2, -0.15) is 5.10 Å². The highest BCUT2D eigenvalue weighted by atomic mass is 32.1. The van der Waals surface area contributed by atoms with E-state index in [1.807, 2.05) is 31.2 Å². The SMILES string of the molecule is Cc1ccc(-c2n[nH]c(=S)n2CC(=O)NNC(=O)c2cccnc2)cc1. The molecule has 3 N–H and O–H groups in total. The van der Waals surface area contributed by atoms with E-state index in [-0.39, 0.29) is 6.54 Å². The van der Waals surface area contributed by atoms with Gasteiger partial charge in [0.05, 0.1) is 5.56 Å². The number of hydrogen-bond acceptors (Lipinski definition) is 5. The molecule has 0 fully saturated rings. The van der Waals surface area contributed by atoms with E-state index >= 15 is 0 Å². The van der Waals surface area contributed by atoms with Gasteiger partial charge in [-0.25, -0.2) is 0 Å². The fourth-order valence-corrected chi connectivity index (χ4v) is 2.46. The Morgan fingerprint density at radius 2 is 1.96 bits per heavy atom.